The minimum atomic E-state index is -0.684. The van der Waals surface area contributed by atoms with Gasteiger partial charge >= 0.3 is 5.97 Å². The molecule has 1 aromatic heterocycles. The quantitative estimate of drug-likeness (QED) is 0.859. The van der Waals surface area contributed by atoms with Crippen molar-refractivity contribution >= 4 is 5.97 Å². The van der Waals surface area contributed by atoms with Crippen LogP contribution in [0.3, 0.4) is 0 Å². The van der Waals surface area contributed by atoms with Crippen LogP contribution < -0.4 is 5.32 Å². The Morgan fingerprint density at radius 2 is 1.90 bits per heavy atom. The highest BCUT2D eigenvalue weighted by molar-refractivity contribution is 5.77. The third kappa shape index (κ3) is 3.70. The van der Waals surface area contributed by atoms with E-state index in [1.807, 2.05) is 26.0 Å². The van der Waals surface area contributed by atoms with E-state index in [9.17, 15) is 9.18 Å². The highest BCUT2D eigenvalue weighted by Crippen LogP contribution is 2.22. The number of hydrogen-bond acceptors (Lipinski definition) is 4. The summed E-state index contributed by atoms with van der Waals surface area (Å²) in [5, 5.41) is 3.14. The normalized spacial score (nSPS) is 13.7. The molecule has 112 valence electrons. The summed E-state index contributed by atoms with van der Waals surface area (Å²) < 4.78 is 23.4. The number of methoxy groups -OCH3 is 1. The van der Waals surface area contributed by atoms with Crippen molar-refractivity contribution in [2.75, 3.05) is 7.11 Å². The van der Waals surface area contributed by atoms with Gasteiger partial charge in [-0.05, 0) is 43.7 Å². The van der Waals surface area contributed by atoms with Crippen LogP contribution >= 0.6 is 0 Å². The molecule has 0 radical (unpaired) electrons. The number of esters is 1. The summed E-state index contributed by atoms with van der Waals surface area (Å²) >= 11 is 0. The first-order valence-electron chi connectivity index (χ1n) is 6.67. The van der Waals surface area contributed by atoms with Crippen LogP contribution in [0.2, 0.25) is 0 Å². The first-order valence-corrected chi connectivity index (χ1v) is 6.67. The van der Waals surface area contributed by atoms with E-state index in [2.05, 4.69) is 5.32 Å². The second-order valence-corrected chi connectivity index (χ2v) is 4.84. The van der Waals surface area contributed by atoms with E-state index < -0.39 is 12.0 Å². The number of aryl methyl sites for hydroxylation is 1. The predicted molar refractivity (Wildman–Crippen MR) is 76.2 cm³/mol. The van der Waals surface area contributed by atoms with Gasteiger partial charge in [0, 0.05) is 0 Å². The number of nitrogens with one attached hydrogen (secondary N) is 1. The van der Waals surface area contributed by atoms with Crippen molar-refractivity contribution in [3.05, 3.63) is 59.3 Å². The number of benzene rings is 1. The summed E-state index contributed by atoms with van der Waals surface area (Å²) in [6, 6.07) is 8.59. The van der Waals surface area contributed by atoms with Crippen LogP contribution in [0.5, 0.6) is 0 Å². The Bertz CT molecular complexity index is 606. The van der Waals surface area contributed by atoms with E-state index in [1.165, 1.54) is 19.2 Å². The van der Waals surface area contributed by atoms with Crippen molar-refractivity contribution in [1.82, 2.24) is 5.32 Å². The molecule has 4 nitrogen and oxygen atoms in total. The SMILES string of the molecule is COC(=O)[C@H](N[C@H](C)c1ccc(C)o1)c1ccc(F)cc1. The van der Waals surface area contributed by atoms with Gasteiger partial charge < -0.3 is 9.15 Å². The van der Waals surface area contributed by atoms with Gasteiger partial charge in [0.05, 0.1) is 13.2 Å². The van der Waals surface area contributed by atoms with Crippen LogP contribution in [-0.2, 0) is 9.53 Å². The fourth-order valence-corrected chi connectivity index (χ4v) is 2.09. The summed E-state index contributed by atoms with van der Waals surface area (Å²) in [4.78, 5) is 12.0. The Hall–Kier alpha value is -2.14. The predicted octanol–water partition coefficient (Wildman–Crippen LogP) is 3.29. The molecule has 1 N–H and O–H groups in total. The number of rotatable bonds is 5. The lowest BCUT2D eigenvalue weighted by Gasteiger charge is -2.20. The first-order chi connectivity index (χ1) is 10.0. The molecule has 2 aromatic rings. The Morgan fingerprint density at radius 3 is 2.43 bits per heavy atom. The van der Waals surface area contributed by atoms with Crippen molar-refractivity contribution in [2.45, 2.75) is 25.9 Å². The van der Waals surface area contributed by atoms with Crippen LogP contribution in [0, 0.1) is 12.7 Å². The molecular weight excluding hydrogens is 273 g/mol. The molecule has 0 aliphatic heterocycles. The average molecular weight is 291 g/mol. The Balaban J connectivity index is 2.20. The molecule has 0 aliphatic carbocycles. The molecule has 0 amide bonds. The van der Waals surface area contributed by atoms with Crippen molar-refractivity contribution in [1.29, 1.82) is 0 Å². The largest absolute Gasteiger partial charge is 0.468 e. The summed E-state index contributed by atoms with van der Waals surface area (Å²) in [6.07, 6.45) is 0. The zero-order valence-electron chi connectivity index (χ0n) is 12.2. The summed E-state index contributed by atoms with van der Waals surface area (Å²) in [6.45, 7) is 3.74. The highest BCUT2D eigenvalue weighted by atomic mass is 19.1. The molecule has 1 aromatic carbocycles. The van der Waals surface area contributed by atoms with Crippen LogP contribution in [0.1, 0.15) is 36.1 Å². The number of ether oxygens (including phenoxy) is 1. The zero-order valence-corrected chi connectivity index (χ0v) is 12.2. The van der Waals surface area contributed by atoms with Crippen molar-refractivity contribution in [3.63, 3.8) is 0 Å². The first kappa shape index (κ1) is 15.3. The maximum Gasteiger partial charge on any atom is 0.327 e. The van der Waals surface area contributed by atoms with Crippen LogP contribution in [0.25, 0.3) is 0 Å². The molecule has 2 rings (SSSR count). The molecule has 5 heteroatoms. The number of hydrogen-bond donors (Lipinski definition) is 1. The fraction of sp³-hybridized carbons (Fsp3) is 0.312. The molecule has 0 unspecified atom stereocenters. The smallest absolute Gasteiger partial charge is 0.327 e. The number of halogens is 1. The maximum absolute atomic E-state index is 13.0. The molecular formula is C16H18FNO3. The third-order valence-corrected chi connectivity index (χ3v) is 3.24. The minimum Gasteiger partial charge on any atom is -0.468 e. The lowest BCUT2D eigenvalue weighted by molar-refractivity contribution is -0.143. The average Bonchev–Trinajstić information content (AvgIpc) is 2.91. The van der Waals surface area contributed by atoms with Crippen molar-refractivity contribution in [3.8, 4) is 0 Å². The van der Waals surface area contributed by atoms with Gasteiger partial charge in [-0.25, -0.2) is 9.18 Å². The lowest BCUT2D eigenvalue weighted by atomic mass is 10.1. The Labute approximate surface area is 122 Å². The van der Waals surface area contributed by atoms with E-state index in [0.29, 0.717) is 5.56 Å². The van der Waals surface area contributed by atoms with E-state index in [4.69, 9.17) is 9.15 Å². The van der Waals surface area contributed by atoms with Crippen molar-refractivity contribution in [2.24, 2.45) is 0 Å². The van der Waals surface area contributed by atoms with Crippen molar-refractivity contribution < 1.29 is 18.3 Å². The highest BCUT2D eigenvalue weighted by Gasteiger charge is 2.24. The van der Waals surface area contributed by atoms with Gasteiger partial charge in [0.1, 0.15) is 23.4 Å². The van der Waals surface area contributed by atoms with Gasteiger partial charge in [0.25, 0.3) is 0 Å². The summed E-state index contributed by atoms with van der Waals surface area (Å²) in [7, 11) is 1.32. The Morgan fingerprint density at radius 1 is 1.24 bits per heavy atom. The third-order valence-electron chi connectivity index (χ3n) is 3.24. The number of carbonyl (C=O) groups is 1. The fourth-order valence-electron chi connectivity index (χ4n) is 2.09. The van der Waals surface area contributed by atoms with Gasteiger partial charge in [0.15, 0.2) is 0 Å². The second-order valence-electron chi connectivity index (χ2n) is 4.84. The molecule has 0 saturated heterocycles. The molecule has 0 fully saturated rings. The lowest BCUT2D eigenvalue weighted by Crippen LogP contribution is -2.31. The molecule has 0 saturated carbocycles. The molecule has 2 atom stereocenters. The molecule has 1 heterocycles. The summed E-state index contributed by atoms with van der Waals surface area (Å²) in [5.74, 6) is 0.743. The van der Waals surface area contributed by atoms with Gasteiger partial charge in [-0.1, -0.05) is 12.1 Å². The Kier molecular flexibility index (Phi) is 4.75. The standard InChI is InChI=1S/C16H18FNO3/c1-10-4-9-14(21-10)11(2)18-15(16(19)20-3)12-5-7-13(17)8-6-12/h4-9,11,15,18H,1-3H3/t11-,15-/m1/s1. The summed E-state index contributed by atoms with van der Waals surface area (Å²) in [5.41, 5.74) is 0.637. The molecule has 0 bridgehead atoms. The molecule has 21 heavy (non-hydrogen) atoms. The van der Waals surface area contributed by atoms with E-state index in [0.717, 1.165) is 11.5 Å². The maximum atomic E-state index is 13.0. The van der Waals surface area contributed by atoms with Gasteiger partial charge in [-0.2, -0.15) is 0 Å². The van der Waals surface area contributed by atoms with E-state index in [-0.39, 0.29) is 11.9 Å². The zero-order chi connectivity index (χ0) is 15.4. The van der Waals surface area contributed by atoms with Crippen LogP contribution in [0.15, 0.2) is 40.8 Å². The van der Waals surface area contributed by atoms with Gasteiger partial charge in [-0.15, -0.1) is 0 Å². The van der Waals surface area contributed by atoms with Crippen LogP contribution in [0.4, 0.5) is 4.39 Å². The monoisotopic (exact) mass is 291 g/mol. The van der Waals surface area contributed by atoms with E-state index in [1.54, 1.807) is 12.1 Å². The number of furan rings is 1. The second kappa shape index (κ2) is 6.54. The number of carbonyl (C=O) groups excluding carboxylic acids is 1. The van der Waals surface area contributed by atoms with E-state index >= 15 is 0 Å². The van der Waals surface area contributed by atoms with Gasteiger partial charge in [0.2, 0.25) is 0 Å². The molecule has 0 spiro atoms. The van der Waals surface area contributed by atoms with Gasteiger partial charge in [-0.3, -0.25) is 5.32 Å². The van der Waals surface area contributed by atoms with Crippen LogP contribution in [-0.4, -0.2) is 13.1 Å². The minimum absolute atomic E-state index is 0.187. The molecule has 0 aliphatic rings. The topological polar surface area (TPSA) is 51.5 Å².